The van der Waals surface area contributed by atoms with Crippen LogP contribution < -0.4 is 26.2 Å². The minimum atomic E-state index is 0.498. The van der Waals surface area contributed by atoms with Crippen molar-refractivity contribution in [2.45, 2.75) is 58.2 Å². The first kappa shape index (κ1) is 38.2. The number of benzene rings is 2. The van der Waals surface area contributed by atoms with Gasteiger partial charge in [0.15, 0.2) is 11.3 Å². The number of nitrogens with one attached hydrogen (secondary N) is 2. The maximum Gasteiger partial charge on any atom is 0.177 e. The topological polar surface area (TPSA) is 167 Å². The average Bonchev–Trinajstić information content (AvgIpc) is 4.13. The van der Waals surface area contributed by atoms with E-state index >= 15 is 0 Å². The van der Waals surface area contributed by atoms with Crippen molar-refractivity contribution < 1.29 is 0 Å². The molecule has 2 unspecified atom stereocenters. The molecule has 2 aliphatic rings. The molecule has 0 amide bonds. The number of hydrogen-bond acceptors (Lipinski definition) is 12. The Labute approximate surface area is 348 Å². The summed E-state index contributed by atoms with van der Waals surface area (Å²) >= 11 is 0. The molecule has 0 radical (unpaired) electrons. The zero-order valence-corrected chi connectivity index (χ0v) is 33.6. The zero-order valence-electron chi connectivity index (χ0n) is 33.6. The van der Waals surface area contributed by atoms with Crippen LogP contribution in [0.5, 0.6) is 0 Å². The third kappa shape index (κ3) is 8.03. The lowest BCUT2D eigenvalue weighted by atomic mass is 10.1. The summed E-state index contributed by atoms with van der Waals surface area (Å²) in [6.45, 7) is 7.09. The molecular weight excluding hydrogens is 749 g/mol. The van der Waals surface area contributed by atoms with Crippen molar-refractivity contribution in [1.82, 2.24) is 39.2 Å². The van der Waals surface area contributed by atoms with Crippen molar-refractivity contribution >= 4 is 45.9 Å². The number of nitrogens with zero attached hydrogens (tertiary/aromatic N) is 11. The van der Waals surface area contributed by atoms with Crippen LogP contribution in [-0.2, 0) is 6.54 Å². The molecule has 2 atom stereocenters. The average molecular weight is 795 g/mol. The second-order valence-electron chi connectivity index (χ2n) is 15.3. The van der Waals surface area contributed by atoms with Gasteiger partial charge in [-0.3, -0.25) is 0 Å². The summed E-state index contributed by atoms with van der Waals surface area (Å²) in [5.74, 6) is 3.55. The van der Waals surface area contributed by atoms with Crippen molar-refractivity contribution in [2.75, 3.05) is 33.5 Å². The smallest absolute Gasteiger partial charge is 0.177 e. The first-order valence-corrected chi connectivity index (χ1v) is 20.4. The maximum atomic E-state index is 9.22. The Kier molecular flexibility index (Phi) is 10.7. The number of anilines is 6. The third-order valence-electron chi connectivity index (χ3n) is 11.2. The molecule has 14 heteroatoms. The summed E-state index contributed by atoms with van der Waals surface area (Å²) in [7, 11) is 0. The second kappa shape index (κ2) is 16.8. The number of nitriles is 1. The fraction of sp³-hybridized carbons (Fsp3) is 0.239. The minimum absolute atomic E-state index is 0.498. The molecule has 2 aliphatic heterocycles. The van der Waals surface area contributed by atoms with Crippen LogP contribution in [0.25, 0.3) is 33.8 Å². The van der Waals surface area contributed by atoms with Gasteiger partial charge in [-0.25, -0.2) is 29.0 Å². The van der Waals surface area contributed by atoms with Crippen LogP contribution in [0.4, 0.5) is 34.6 Å². The van der Waals surface area contributed by atoms with Crippen LogP contribution in [0, 0.1) is 11.3 Å². The third-order valence-corrected chi connectivity index (χ3v) is 11.2. The molecule has 0 aliphatic carbocycles. The van der Waals surface area contributed by atoms with Crippen LogP contribution in [0.2, 0.25) is 0 Å². The van der Waals surface area contributed by atoms with Crippen LogP contribution in [0.1, 0.15) is 50.7 Å². The molecule has 8 aromatic rings. The van der Waals surface area contributed by atoms with E-state index in [-0.39, 0.29) is 0 Å². The molecule has 60 heavy (non-hydrogen) atoms. The van der Waals surface area contributed by atoms with Gasteiger partial charge >= 0.3 is 0 Å². The van der Waals surface area contributed by atoms with Gasteiger partial charge in [0.25, 0.3) is 0 Å². The van der Waals surface area contributed by atoms with Crippen molar-refractivity contribution in [2.24, 2.45) is 5.73 Å². The highest BCUT2D eigenvalue weighted by Crippen LogP contribution is 2.31. The highest BCUT2D eigenvalue weighted by Gasteiger charge is 2.23. The largest absolute Gasteiger partial charge is 0.354 e. The maximum absolute atomic E-state index is 9.22. The summed E-state index contributed by atoms with van der Waals surface area (Å²) in [5.41, 5.74) is 14.1. The quantitative estimate of drug-likeness (QED) is 0.128. The lowest BCUT2D eigenvalue weighted by Crippen LogP contribution is -2.27. The molecule has 8 heterocycles. The fourth-order valence-corrected chi connectivity index (χ4v) is 8.03. The van der Waals surface area contributed by atoms with Crippen molar-refractivity contribution in [1.29, 1.82) is 5.26 Å². The van der Waals surface area contributed by atoms with E-state index in [1.807, 2.05) is 85.2 Å². The Morgan fingerprint density at radius 2 is 1.18 bits per heavy atom. The molecule has 4 N–H and O–H groups in total. The second-order valence-corrected chi connectivity index (χ2v) is 15.3. The number of hydrogen-bond donors (Lipinski definition) is 3. The van der Waals surface area contributed by atoms with Gasteiger partial charge in [0, 0.05) is 67.6 Å². The highest BCUT2D eigenvalue weighted by atomic mass is 15.3. The predicted octanol–water partition coefficient (Wildman–Crippen LogP) is 8.38. The van der Waals surface area contributed by atoms with Crippen molar-refractivity contribution in [3.05, 3.63) is 133 Å². The van der Waals surface area contributed by atoms with E-state index in [4.69, 9.17) is 20.8 Å². The molecule has 14 nitrogen and oxygen atoms in total. The van der Waals surface area contributed by atoms with Crippen molar-refractivity contribution in [3.63, 3.8) is 0 Å². The summed E-state index contributed by atoms with van der Waals surface area (Å²) < 4.78 is 3.53. The number of imidazole rings is 2. The molecule has 0 saturated carbocycles. The molecule has 0 spiro atoms. The van der Waals surface area contributed by atoms with Gasteiger partial charge in [0.1, 0.15) is 23.3 Å². The highest BCUT2D eigenvalue weighted by molar-refractivity contribution is 5.79. The Balaban J connectivity index is 0.000000154. The Bertz CT molecular complexity index is 2820. The first-order valence-electron chi connectivity index (χ1n) is 20.4. The molecule has 0 bridgehead atoms. The summed E-state index contributed by atoms with van der Waals surface area (Å²) in [4.78, 5) is 23.3. The van der Waals surface area contributed by atoms with Gasteiger partial charge in [-0.2, -0.15) is 15.5 Å². The molecule has 10 rings (SSSR count). The van der Waals surface area contributed by atoms with Gasteiger partial charge in [-0.1, -0.05) is 42.5 Å². The van der Waals surface area contributed by atoms with Crippen LogP contribution in [-0.4, -0.2) is 64.3 Å². The first-order chi connectivity index (χ1) is 29.4. The van der Waals surface area contributed by atoms with E-state index in [1.165, 1.54) is 25.7 Å². The molecular formula is C46H46N14. The van der Waals surface area contributed by atoms with E-state index in [9.17, 15) is 5.26 Å². The molecule has 2 aromatic carbocycles. The van der Waals surface area contributed by atoms with Gasteiger partial charge in [0.05, 0.1) is 34.4 Å². The molecule has 300 valence electrons. The number of rotatable bonds is 9. The SMILES string of the molecule is CC1CCCN1c1cccc(Nc2cc(-c3cccc(C#N)c3)nn3ccnc23)n1.CC1CCCN1c1cccc(Nc2cc(-c3cccc(CN)c3)nn3ccnc23)n1. The fourth-order valence-electron chi connectivity index (χ4n) is 8.03. The van der Waals surface area contributed by atoms with Crippen molar-refractivity contribution in [3.8, 4) is 28.6 Å². The minimum Gasteiger partial charge on any atom is -0.354 e. The number of nitrogens with two attached hydrogens (primary N) is 1. The monoisotopic (exact) mass is 794 g/mol. The summed E-state index contributed by atoms with van der Waals surface area (Å²) in [5, 5.41) is 25.5. The lowest BCUT2D eigenvalue weighted by molar-refractivity contribution is 0.727. The number of pyridine rings is 2. The van der Waals surface area contributed by atoms with Crippen LogP contribution >= 0.6 is 0 Å². The molecule has 6 aromatic heterocycles. The van der Waals surface area contributed by atoms with Gasteiger partial charge in [-0.05, 0) is 99.7 Å². The van der Waals surface area contributed by atoms with Gasteiger partial charge in [0.2, 0.25) is 0 Å². The predicted molar refractivity (Wildman–Crippen MR) is 237 cm³/mol. The van der Waals surface area contributed by atoms with E-state index in [0.29, 0.717) is 24.2 Å². The lowest BCUT2D eigenvalue weighted by Gasteiger charge is -2.23. The van der Waals surface area contributed by atoms with Crippen LogP contribution in [0.15, 0.2) is 122 Å². The standard InChI is InChI=1S/C23H25N7.C23H21N7/c2*1-16-5-4-11-29(16)22-9-3-8-21(27-22)26-20-14-19(28-30-12-10-25-23(20)30)18-7-2-6-17(13-18)15-24/h2-3,6-10,12-14,16H,4-5,11,15,24H2,1H3,(H,26,27);2-3,6-10,12-14,16H,4-5,11H2,1H3,(H,26,27). The van der Waals surface area contributed by atoms with Gasteiger partial charge < -0.3 is 26.2 Å². The summed E-state index contributed by atoms with van der Waals surface area (Å²) in [6.07, 6.45) is 12.0. The zero-order chi connectivity index (χ0) is 41.0. The molecule has 2 saturated heterocycles. The number of aromatic nitrogens is 8. The number of fused-ring (bicyclic) bond motifs is 2. The Morgan fingerprint density at radius 3 is 1.68 bits per heavy atom. The normalized spacial score (nSPS) is 16.2. The Hall–Kier alpha value is -7.37. The van der Waals surface area contributed by atoms with E-state index in [2.05, 4.69) is 73.6 Å². The molecule has 2 fully saturated rings. The Morgan fingerprint density at radius 1 is 0.667 bits per heavy atom. The van der Waals surface area contributed by atoms with Crippen LogP contribution in [0.3, 0.4) is 0 Å². The summed E-state index contributed by atoms with van der Waals surface area (Å²) in [6, 6.07) is 34.9. The van der Waals surface area contributed by atoms with E-state index in [0.717, 1.165) is 87.1 Å². The van der Waals surface area contributed by atoms with E-state index < -0.39 is 0 Å². The van der Waals surface area contributed by atoms with E-state index in [1.54, 1.807) is 27.5 Å². The van der Waals surface area contributed by atoms with Gasteiger partial charge in [-0.15, -0.1) is 0 Å².